The third-order valence-corrected chi connectivity index (χ3v) is 4.43. The van der Waals surface area contributed by atoms with E-state index in [1.807, 2.05) is 4.90 Å². The van der Waals surface area contributed by atoms with Gasteiger partial charge < -0.3 is 4.90 Å². The van der Waals surface area contributed by atoms with Crippen molar-refractivity contribution in [3.05, 3.63) is 18.1 Å². The van der Waals surface area contributed by atoms with E-state index < -0.39 is 11.9 Å². The zero-order valence-corrected chi connectivity index (χ0v) is 11.8. The number of nitrogens with zero attached hydrogens (tertiary/aromatic N) is 6. The summed E-state index contributed by atoms with van der Waals surface area (Å²) >= 11 is 0. The van der Waals surface area contributed by atoms with Crippen LogP contribution in [-0.4, -0.2) is 56.7 Å². The van der Waals surface area contributed by atoms with Crippen molar-refractivity contribution in [3.63, 3.8) is 0 Å². The maximum atomic E-state index is 13.0. The number of fused-ring (bicyclic) bond motifs is 2. The molecule has 0 spiro atoms. The van der Waals surface area contributed by atoms with E-state index in [2.05, 4.69) is 20.0 Å². The van der Waals surface area contributed by atoms with Gasteiger partial charge in [0.1, 0.15) is 12.1 Å². The summed E-state index contributed by atoms with van der Waals surface area (Å²) in [7, 11) is 0. The average Bonchev–Trinajstić information content (AvgIpc) is 3.13. The van der Waals surface area contributed by atoms with Crippen molar-refractivity contribution < 1.29 is 13.2 Å². The van der Waals surface area contributed by atoms with Gasteiger partial charge in [-0.05, 0) is 19.4 Å². The van der Waals surface area contributed by atoms with Crippen molar-refractivity contribution in [1.82, 2.24) is 24.5 Å². The standard InChI is InChI=1S/C13H15F3N6/c14-13(15,16)10-6-11(22-12(19-10)17-8-18-22)21-5-4-20-3-1-2-9(20)7-21/h6,8-9H,1-5,7H2/t9-/m0/s1. The zero-order chi connectivity index (χ0) is 15.3. The molecule has 22 heavy (non-hydrogen) atoms. The molecule has 6 nitrogen and oxygen atoms in total. The highest BCUT2D eigenvalue weighted by Crippen LogP contribution is 2.32. The van der Waals surface area contributed by atoms with Crippen molar-refractivity contribution in [2.75, 3.05) is 31.1 Å². The maximum Gasteiger partial charge on any atom is 0.433 e. The molecule has 4 heterocycles. The predicted molar refractivity (Wildman–Crippen MR) is 72.6 cm³/mol. The van der Waals surface area contributed by atoms with Gasteiger partial charge in [0.15, 0.2) is 5.69 Å². The minimum atomic E-state index is -4.49. The predicted octanol–water partition coefficient (Wildman–Crippen LogP) is 1.43. The normalized spacial score (nSPS) is 23.2. The van der Waals surface area contributed by atoms with E-state index >= 15 is 0 Å². The third kappa shape index (κ3) is 2.20. The van der Waals surface area contributed by atoms with Gasteiger partial charge in [-0.15, -0.1) is 0 Å². The minimum absolute atomic E-state index is 0.0151. The summed E-state index contributed by atoms with van der Waals surface area (Å²) in [5.74, 6) is 0.403. The van der Waals surface area contributed by atoms with Crippen LogP contribution in [0, 0.1) is 0 Å². The molecule has 2 aliphatic rings. The van der Waals surface area contributed by atoms with Gasteiger partial charge in [-0.25, -0.2) is 4.98 Å². The molecular formula is C13H15F3N6. The molecule has 2 fully saturated rings. The molecule has 2 aromatic heterocycles. The number of rotatable bonds is 1. The largest absolute Gasteiger partial charge is 0.433 e. The molecule has 2 saturated heterocycles. The first kappa shape index (κ1) is 13.7. The first-order chi connectivity index (χ1) is 10.5. The van der Waals surface area contributed by atoms with Crippen molar-refractivity contribution in [1.29, 1.82) is 0 Å². The summed E-state index contributed by atoms with van der Waals surface area (Å²) in [6.07, 6.45) is -1.01. The number of piperazine rings is 1. The fourth-order valence-electron chi connectivity index (χ4n) is 3.37. The number of alkyl halides is 3. The van der Waals surface area contributed by atoms with Crippen LogP contribution in [0.4, 0.5) is 19.0 Å². The number of hydrogen-bond donors (Lipinski definition) is 0. The minimum Gasteiger partial charge on any atom is -0.354 e. The molecule has 4 rings (SSSR count). The quantitative estimate of drug-likeness (QED) is 0.797. The van der Waals surface area contributed by atoms with Crippen LogP contribution < -0.4 is 4.90 Å². The molecule has 0 saturated carbocycles. The van der Waals surface area contributed by atoms with Gasteiger partial charge in [-0.2, -0.15) is 27.8 Å². The molecule has 0 aromatic carbocycles. The number of anilines is 1. The van der Waals surface area contributed by atoms with Gasteiger partial charge in [-0.1, -0.05) is 0 Å². The Morgan fingerprint density at radius 2 is 2.05 bits per heavy atom. The number of aromatic nitrogens is 4. The van der Waals surface area contributed by atoms with E-state index in [1.54, 1.807) is 0 Å². The van der Waals surface area contributed by atoms with Crippen LogP contribution in [0.2, 0.25) is 0 Å². The molecule has 2 aromatic rings. The summed E-state index contributed by atoms with van der Waals surface area (Å²) < 4.78 is 40.5. The van der Waals surface area contributed by atoms with Crippen molar-refractivity contribution in [2.45, 2.75) is 25.1 Å². The topological polar surface area (TPSA) is 49.6 Å². The molecule has 118 valence electrons. The maximum absolute atomic E-state index is 13.0. The Morgan fingerprint density at radius 1 is 1.18 bits per heavy atom. The van der Waals surface area contributed by atoms with Crippen molar-refractivity contribution in [2.24, 2.45) is 0 Å². The van der Waals surface area contributed by atoms with Gasteiger partial charge in [0.05, 0.1) is 0 Å². The van der Waals surface area contributed by atoms with Crippen LogP contribution >= 0.6 is 0 Å². The van der Waals surface area contributed by atoms with Crippen LogP contribution in [0.1, 0.15) is 18.5 Å². The lowest BCUT2D eigenvalue weighted by molar-refractivity contribution is -0.141. The highest BCUT2D eigenvalue weighted by atomic mass is 19.4. The van der Waals surface area contributed by atoms with Crippen LogP contribution in [0.5, 0.6) is 0 Å². The Balaban J connectivity index is 1.75. The molecule has 0 aliphatic carbocycles. The molecule has 0 radical (unpaired) electrons. The fraction of sp³-hybridized carbons (Fsp3) is 0.615. The van der Waals surface area contributed by atoms with Crippen LogP contribution in [0.3, 0.4) is 0 Å². The molecule has 0 N–H and O–H groups in total. The van der Waals surface area contributed by atoms with Gasteiger partial charge in [0.25, 0.3) is 5.78 Å². The highest BCUT2D eigenvalue weighted by Gasteiger charge is 2.36. The van der Waals surface area contributed by atoms with E-state index in [-0.39, 0.29) is 5.78 Å². The Kier molecular flexibility index (Phi) is 3.00. The van der Waals surface area contributed by atoms with E-state index in [0.29, 0.717) is 18.4 Å². The first-order valence-electron chi connectivity index (χ1n) is 7.29. The van der Waals surface area contributed by atoms with Crippen LogP contribution in [0.15, 0.2) is 12.4 Å². The van der Waals surface area contributed by atoms with E-state index in [4.69, 9.17) is 0 Å². The first-order valence-corrected chi connectivity index (χ1v) is 7.29. The van der Waals surface area contributed by atoms with E-state index in [9.17, 15) is 13.2 Å². The van der Waals surface area contributed by atoms with E-state index in [1.165, 1.54) is 10.8 Å². The number of halogens is 3. The zero-order valence-electron chi connectivity index (χ0n) is 11.8. The second-order valence-corrected chi connectivity index (χ2v) is 5.75. The van der Waals surface area contributed by atoms with Crippen molar-refractivity contribution >= 4 is 11.6 Å². The highest BCUT2D eigenvalue weighted by molar-refractivity contribution is 5.48. The Hall–Kier alpha value is -1.90. The van der Waals surface area contributed by atoms with Gasteiger partial charge in [0.2, 0.25) is 0 Å². The Bertz CT molecular complexity index is 697. The molecule has 9 heteroatoms. The summed E-state index contributed by atoms with van der Waals surface area (Å²) in [5, 5.41) is 4.02. The molecular weight excluding hydrogens is 297 g/mol. The summed E-state index contributed by atoms with van der Waals surface area (Å²) in [5.41, 5.74) is -0.920. The lowest BCUT2D eigenvalue weighted by Crippen LogP contribution is -2.50. The van der Waals surface area contributed by atoms with Gasteiger partial charge >= 0.3 is 6.18 Å². The molecule has 1 atom stereocenters. The van der Waals surface area contributed by atoms with Gasteiger partial charge in [-0.3, -0.25) is 4.90 Å². The average molecular weight is 312 g/mol. The molecule has 2 aliphatic heterocycles. The molecule has 0 amide bonds. The van der Waals surface area contributed by atoms with Crippen LogP contribution in [-0.2, 0) is 6.18 Å². The number of hydrogen-bond acceptors (Lipinski definition) is 5. The monoisotopic (exact) mass is 312 g/mol. The summed E-state index contributed by atoms with van der Waals surface area (Å²) in [6.45, 7) is 3.36. The van der Waals surface area contributed by atoms with Gasteiger partial charge in [0, 0.05) is 31.7 Å². The van der Waals surface area contributed by atoms with Crippen molar-refractivity contribution in [3.8, 4) is 0 Å². The lowest BCUT2D eigenvalue weighted by Gasteiger charge is -2.38. The lowest BCUT2D eigenvalue weighted by atomic mass is 10.1. The third-order valence-electron chi connectivity index (χ3n) is 4.43. The molecule has 0 unspecified atom stereocenters. The second kappa shape index (κ2) is 4.80. The van der Waals surface area contributed by atoms with E-state index in [0.717, 1.165) is 38.5 Å². The summed E-state index contributed by atoms with van der Waals surface area (Å²) in [6, 6.07) is 1.49. The Morgan fingerprint density at radius 3 is 2.86 bits per heavy atom. The Labute approximate surface area is 124 Å². The van der Waals surface area contributed by atoms with Crippen LogP contribution in [0.25, 0.3) is 5.78 Å². The summed E-state index contributed by atoms with van der Waals surface area (Å²) in [4.78, 5) is 11.7. The smallest absolute Gasteiger partial charge is 0.354 e. The SMILES string of the molecule is FC(F)(F)c1cc(N2CCN3CCC[C@H]3C2)n2ncnc2n1. The second-order valence-electron chi connectivity index (χ2n) is 5.75. The fourth-order valence-corrected chi connectivity index (χ4v) is 3.37. The molecule has 0 bridgehead atoms.